The van der Waals surface area contributed by atoms with Crippen molar-refractivity contribution in [2.24, 2.45) is 0 Å². The minimum absolute atomic E-state index is 0.0239. The van der Waals surface area contributed by atoms with E-state index in [4.69, 9.17) is 26.2 Å². The van der Waals surface area contributed by atoms with Gasteiger partial charge in [0.15, 0.2) is 11.5 Å². The highest BCUT2D eigenvalue weighted by Crippen LogP contribution is 2.33. The zero-order chi connectivity index (χ0) is 19.9. The molecule has 28 heavy (non-hydrogen) atoms. The van der Waals surface area contributed by atoms with Crippen LogP contribution in [0, 0.1) is 0 Å². The second-order valence-electron chi connectivity index (χ2n) is 5.81. The number of nitrogens with one attached hydrogen (secondary N) is 2. The molecule has 2 aromatic carbocycles. The van der Waals surface area contributed by atoms with Gasteiger partial charge >= 0.3 is 0 Å². The molecule has 146 valence electrons. The maximum Gasteiger partial charge on any atom is 0.225 e. The van der Waals surface area contributed by atoms with Crippen molar-refractivity contribution in [3.05, 3.63) is 53.6 Å². The summed E-state index contributed by atoms with van der Waals surface area (Å²) in [5, 5.41) is 16.0. The summed E-state index contributed by atoms with van der Waals surface area (Å²) >= 11 is 5.95. The predicted octanol–water partition coefficient (Wildman–Crippen LogP) is 3.96. The van der Waals surface area contributed by atoms with E-state index >= 15 is 0 Å². The van der Waals surface area contributed by atoms with E-state index in [1.54, 1.807) is 26.4 Å². The Bertz CT molecular complexity index is 935. The van der Waals surface area contributed by atoms with Crippen molar-refractivity contribution in [3.63, 3.8) is 0 Å². The van der Waals surface area contributed by atoms with E-state index in [0.717, 1.165) is 11.3 Å². The molecule has 0 fully saturated rings. The molecule has 0 amide bonds. The third kappa shape index (κ3) is 4.82. The van der Waals surface area contributed by atoms with Gasteiger partial charge in [-0.25, -0.2) is 4.98 Å². The molecule has 0 bridgehead atoms. The summed E-state index contributed by atoms with van der Waals surface area (Å²) in [7, 11) is 3.18. The van der Waals surface area contributed by atoms with Crippen molar-refractivity contribution < 1.29 is 14.6 Å². The SMILES string of the molecule is COc1ccc(-c2cc(Nc3ccc(Cl)cc3)nc(NCCO)n2)cc1OC. The van der Waals surface area contributed by atoms with E-state index in [1.807, 2.05) is 36.4 Å². The van der Waals surface area contributed by atoms with Crippen LogP contribution in [-0.2, 0) is 0 Å². The van der Waals surface area contributed by atoms with Gasteiger partial charge in [0, 0.05) is 28.9 Å². The second kappa shape index (κ2) is 9.25. The van der Waals surface area contributed by atoms with Crippen molar-refractivity contribution in [2.75, 3.05) is 38.0 Å². The lowest BCUT2D eigenvalue weighted by atomic mass is 10.1. The summed E-state index contributed by atoms with van der Waals surface area (Å²) in [5.41, 5.74) is 2.37. The van der Waals surface area contributed by atoms with E-state index in [0.29, 0.717) is 40.5 Å². The third-order valence-corrected chi connectivity index (χ3v) is 4.17. The summed E-state index contributed by atoms with van der Waals surface area (Å²) in [5.74, 6) is 2.24. The molecule has 3 N–H and O–H groups in total. The molecule has 3 rings (SSSR count). The first-order chi connectivity index (χ1) is 13.6. The number of nitrogens with zero attached hydrogens (tertiary/aromatic N) is 2. The molecule has 3 aromatic rings. The van der Waals surface area contributed by atoms with Crippen molar-refractivity contribution in [1.29, 1.82) is 0 Å². The molecule has 0 aliphatic heterocycles. The molecule has 8 heteroatoms. The summed E-state index contributed by atoms with van der Waals surface area (Å²) in [6, 6.07) is 14.7. The van der Waals surface area contributed by atoms with Crippen molar-refractivity contribution >= 4 is 29.1 Å². The largest absolute Gasteiger partial charge is 0.493 e. The Morgan fingerprint density at radius 1 is 0.964 bits per heavy atom. The topological polar surface area (TPSA) is 88.5 Å². The fraction of sp³-hybridized carbons (Fsp3) is 0.200. The molecule has 7 nitrogen and oxygen atoms in total. The van der Waals surface area contributed by atoms with Crippen molar-refractivity contribution in [3.8, 4) is 22.8 Å². The lowest BCUT2D eigenvalue weighted by Crippen LogP contribution is -2.10. The van der Waals surface area contributed by atoms with E-state index in [9.17, 15) is 0 Å². The lowest BCUT2D eigenvalue weighted by molar-refractivity contribution is 0.311. The average molecular weight is 401 g/mol. The summed E-state index contributed by atoms with van der Waals surface area (Å²) in [4.78, 5) is 8.99. The lowest BCUT2D eigenvalue weighted by Gasteiger charge is -2.13. The van der Waals surface area contributed by atoms with Crippen LogP contribution in [0.5, 0.6) is 11.5 Å². The smallest absolute Gasteiger partial charge is 0.225 e. The van der Waals surface area contributed by atoms with Gasteiger partial charge in [0.1, 0.15) is 5.82 Å². The van der Waals surface area contributed by atoms with Gasteiger partial charge in [-0.3, -0.25) is 0 Å². The summed E-state index contributed by atoms with van der Waals surface area (Å²) in [6.07, 6.45) is 0. The fourth-order valence-electron chi connectivity index (χ4n) is 2.58. The van der Waals surface area contributed by atoms with Gasteiger partial charge in [0.2, 0.25) is 5.95 Å². The molecular weight excluding hydrogens is 380 g/mol. The predicted molar refractivity (Wildman–Crippen MR) is 111 cm³/mol. The molecular formula is C20H21ClN4O3. The highest BCUT2D eigenvalue weighted by Gasteiger charge is 2.11. The molecule has 0 aliphatic carbocycles. The van der Waals surface area contributed by atoms with E-state index in [2.05, 4.69) is 20.6 Å². The minimum atomic E-state index is -0.0239. The summed E-state index contributed by atoms with van der Waals surface area (Å²) < 4.78 is 10.7. The Hall–Kier alpha value is -3.03. The van der Waals surface area contributed by atoms with Gasteiger partial charge in [-0.1, -0.05) is 11.6 Å². The number of methoxy groups -OCH3 is 2. The molecule has 1 heterocycles. The van der Waals surface area contributed by atoms with Gasteiger partial charge in [-0.2, -0.15) is 4.98 Å². The molecule has 0 spiro atoms. The number of hydrogen-bond donors (Lipinski definition) is 3. The molecule has 0 saturated heterocycles. The van der Waals surface area contributed by atoms with Crippen LogP contribution in [0.3, 0.4) is 0 Å². The Labute approximate surface area is 168 Å². The Balaban J connectivity index is 1.98. The molecule has 0 radical (unpaired) electrons. The minimum Gasteiger partial charge on any atom is -0.493 e. The van der Waals surface area contributed by atoms with Crippen LogP contribution in [0.15, 0.2) is 48.5 Å². The molecule has 1 aromatic heterocycles. The first kappa shape index (κ1) is 19.7. The summed E-state index contributed by atoms with van der Waals surface area (Å²) in [6.45, 7) is 0.319. The van der Waals surface area contributed by atoms with Crippen LogP contribution < -0.4 is 20.1 Å². The maximum atomic E-state index is 9.09. The highest BCUT2D eigenvalue weighted by molar-refractivity contribution is 6.30. The molecule has 0 unspecified atom stereocenters. The number of benzene rings is 2. The number of aromatic nitrogens is 2. The first-order valence-electron chi connectivity index (χ1n) is 8.61. The van der Waals surface area contributed by atoms with Crippen LogP contribution >= 0.6 is 11.6 Å². The number of rotatable bonds is 8. The van der Waals surface area contributed by atoms with Gasteiger partial charge in [-0.05, 0) is 42.5 Å². The van der Waals surface area contributed by atoms with E-state index in [-0.39, 0.29) is 6.61 Å². The second-order valence-corrected chi connectivity index (χ2v) is 6.25. The first-order valence-corrected chi connectivity index (χ1v) is 8.99. The number of halogens is 1. The number of aliphatic hydroxyl groups is 1. The van der Waals surface area contributed by atoms with E-state index < -0.39 is 0 Å². The standard InChI is InChI=1S/C20H21ClN4O3/c1-27-17-8-3-13(11-18(17)28-2)16-12-19(25-20(24-16)22-9-10-26)23-15-6-4-14(21)5-7-15/h3-8,11-12,26H,9-10H2,1-2H3,(H2,22,23,24,25). The fourth-order valence-corrected chi connectivity index (χ4v) is 2.71. The van der Waals surface area contributed by atoms with Crippen LogP contribution in [-0.4, -0.2) is 42.4 Å². The maximum absolute atomic E-state index is 9.09. The quantitative estimate of drug-likeness (QED) is 0.527. The van der Waals surface area contributed by atoms with Crippen molar-refractivity contribution in [1.82, 2.24) is 9.97 Å². The van der Waals surface area contributed by atoms with Crippen LogP contribution in [0.1, 0.15) is 0 Å². The monoisotopic (exact) mass is 400 g/mol. The van der Waals surface area contributed by atoms with Crippen LogP contribution in [0.2, 0.25) is 5.02 Å². The number of aliphatic hydroxyl groups excluding tert-OH is 1. The Morgan fingerprint density at radius 2 is 1.71 bits per heavy atom. The van der Waals surface area contributed by atoms with Gasteiger partial charge in [-0.15, -0.1) is 0 Å². The molecule has 0 saturated carbocycles. The third-order valence-electron chi connectivity index (χ3n) is 3.92. The number of hydrogen-bond acceptors (Lipinski definition) is 7. The average Bonchev–Trinajstić information content (AvgIpc) is 2.73. The van der Waals surface area contributed by atoms with Gasteiger partial charge in [0.05, 0.1) is 26.5 Å². The highest BCUT2D eigenvalue weighted by atomic mass is 35.5. The van der Waals surface area contributed by atoms with Crippen LogP contribution in [0.4, 0.5) is 17.5 Å². The zero-order valence-electron chi connectivity index (χ0n) is 15.6. The van der Waals surface area contributed by atoms with E-state index in [1.165, 1.54) is 0 Å². The van der Waals surface area contributed by atoms with Crippen molar-refractivity contribution in [2.45, 2.75) is 0 Å². The van der Waals surface area contributed by atoms with Gasteiger partial charge < -0.3 is 25.2 Å². The number of anilines is 3. The zero-order valence-corrected chi connectivity index (χ0v) is 16.3. The van der Waals surface area contributed by atoms with Gasteiger partial charge in [0.25, 0.3) is 0 Å². The number of ether oxygens (including phenoxy) is 2. The van der Waals surface area contributed by atoms with Crippen LogP contribution in [0.25, 0.3) is 11.3 Å². The molecule has 0 aliphatic rings. The Morgan fingerprint density at radius 3 is 2.39 bits per heavy atom. The molecule has 0 atom stereocenters. The Kier molecular flexibility index (Phi) is 6.52. The normalized spacial score (nSPS) is 10.4.